The highest BCUT2D eigenvalue weighted by Crippen LogP contribution is 2.22. The van der Waals surface area contributed by atoms with E-state index in [1.165, 1.54) is 6.08 Å². The molecule has 0 aliphatic heterocycles. The first-order valence-electron chi connectivity index (χ1n) is 7.63. The number of hydrogen-bond donors (Lipinski definition) is 2. The third kappa shape index (κ3) is 5.24. The highest BCUT2D eigenvalue weighted by molar-refractivity contribution is 5.87. The Balaban J connectivity index is 1.79. The Morgan fingerprint density at radius 1 is 1.23 bits per heavy atom. The molecule has 0 saturated heterocycles. The zero-order valence-electron chi connectivity index (χ0n) is 12.7. The van der Waals surface area contributed by atoms with Crippen molar-refractivity contribution < 1.29 is 14.3 Å². The highest BCUT2D eigenvalue weighted by Gasteiger charge is 2.25. The molecule has 0 unspecified atom stereocenters. The van der Waals surface area contributed by atoms with E-state index in [2.05, 4.69) is 10.6 Å². The van der Waals surface area contributed by atoms with Gasteiger partial charge in [0.05, 0.1) is 0 Å². The van der Waals surface area contributed by atoms with E-state index in [1.807, 2.05) is 30.3 Å². The summed E-state index contributed by atoms with van der Waals surface area (Å²) in [5, 5.41) is 5.64. The number of ether oxygens (including phenoxy) is 1. The molecule has 0 aromatic heterocycles. The summed E-state index contributed by atoms with van der Waals surface area (Å²) < 4.78 is 5.45. The standard InChI is InChI=1S/C17H22N2O3/c1-2-7-16(20)18-14-10-6-11-15(12-14)22-17(21)19-13-8-4-3-5-9-13/h2-5,7-9,14-15H,6,10-12H2,1H3,(H,18,20)(H,19,21)/b7-2+/t14-,15-/m1/s1. The maximum atomic E-state index is 11.9. The fourth-order valence-electron chi connectivity index (χ4n) is 2.60. The molecule has 2 amide bonds. The average molecular weight is 302 g/mol. The van der Waals surface area contributed by atoms with Gasteiger partial charge in [-0.2, -0.15) is 0 Å². The number of allylic oxidation sites excluding steroid dienone is 1. The summed E-state index contributed by atoms with van der Waals surface area (Å²) >= 11 is 0. The number of anilines is 1. The number of benzene rings is 1. The van der Waals surface area contributed by atoms with Crippen molar-refractivity contribution in [2.75, 3.05) is 5.32 Å². The highest BCUT2D eigenvalue weighted by atomic mass is 16.6. The number of nitrogens with one attached hydrogen (secondary N) is 2. The third-order valence-electron chi connectivity index (χ3n) is 3.58. The van der Waals surface area contributed by atoms with Crippen LogP contribution in [-0.4, -0.2) is 24.1 Å². The lowest BCUT2D eigenvalue weighted by Gasteiger charge is -2.29. The minimum atomic E-state index is -0.448. The second-order valence-corrected chi connectivity index (χ2v) is 5.39. The predicted octanol–water partition coefficient (Wildman–Crippen LogP) is 3.24. The van der Waals surface area contributed by atoms with Crippen LogP contribution in [0.4, 0.5) is 10.5 Å². The molecule has 2 atom stereocenters. The van der Waals surface area contributed by atoms with Crippen molar-refractivity contribution in [1.29, 1.82) is 0 Å². The number of hydrogen-bond acceptors (Lipinski definition) is 3. The molecule has 0 spiro atoms. The number of carbonyl (C=O) groups is 2. The number of amides is 2. The van der Waals surface area contributed by atoms with Gasteiger partial charge < -0.3 is 10.1 Å². The Hall–Kier alpha value is -2.30. The normalized spacial score (nSPS) is 21.3. The molecule has 1 aromatic rings. The molecule has 2 N–H and O–H groups in total. The molecule has 1 fully saturated rings. The SMILES string of the molecule is C/C=C/C(=O)N[C@@H]1CCC[C@@H](OC(=O)Nc2ccccc2)C1. The Morgan fingerprint density at radius 2 is 2.00 bits per heavy atom. The second kappa shape index (κ2) is 8.22. The molecule has 0 bridgehead atoms. The van der Waals surface area contributed by atoms with Gasteiger partial charge in [0.1, 0.15) is 6.10 Å². The van der Waals surface area contributed by atoms with Crippen LogP contribution in [0.2, 0.25) is 0 Å². The number of para-hydroxylation sites is 1. The molecular formula is C17H22N2O3. The minimum Gasteiger partial charge on any atom is -0.446 e. The summed E-state index contributed by atoms with van der Waals surface area (Å²) in [7, 11) is 0. The van der Waals surface area contributed by atoms with E-state index in [-0.39, 0.29) is 18.1 Å². The largest absolute Gasteiger partial charge is 0.446 e. The van der Waals surface area contributed by atoms with Crippen molar-refractivity contribution in [3.05, 3.63) is 42.5 Å². The second-order valence-electron chi connectivity index (χ2n) is 5.39. The Bertz CT molecular complexity index is 528. The lowest BCUT2D eigenvalue weighted by atomic mass is 9.93. The lowest BCUT2D eigenvalue weighted by Crippen LogP contribution is -2.40. The smallest absolute Gasteiger partial charge is 0.411 e. The van der Waals surface area contributed by atoms with Crippen LogP contribution in [0.3, 0.4) is 0 Å². The van der Waals surface area contributed by atoms with Crippen LogP contribution in [0.1, 0.15) is 32.6 Å². The monoisotopic (exact) mass is 302 g/mol. The molecule has 22 heavy (non-hydrogen) atoms. The quantitative estimate of drug-likeness (QED) is 0.839. The topological polar surface area (TPSA) is 67.4 Å². The molecule has 1 aliphatic carbocycles. The molecule has 1 aromatic carbocycles. The van der Waals surface area contributed by atoms with Crippen LogP contribution in [0.25, 0.3) is 0 Å². The first-order chi connectivity index (χ1) is 10.7. The fourth-order valence-corrected chi connectivity index (χ4v) is 2.60. The van der Waals surface area contributed by atoms with Crippen LogP contribution >= 0.6 is 0 Å². The zero-order chi connectivity index (χ0) is 15.8. The van der Waals surface area contributed by atoms with Crippen molar-refractivity contribution in [2.45, 2.75) is 44.8 Å². The van der Waals surface area contributed by atoms with E-state index >= 15 is 0 Å². The van der Waals surface area contributed by atoms with Crippen LogP contribution < -0.4 is 10.6 Å². The van der Waals surface area contributed by atoms with Gasteiger partial charge in [-0.25, -0.2) is 4.79 Å². The summed E-state index contributed by atoms with van der Waals surface area (Å²) in [6.45, 7) is 1.81. The van der Waals surface area contributed by atoms with Gasteiger partial charge >= 0.3 is 6.09 Å². The summed E-state index contributed by atoms with van der Waals surface area (Å²) in [5.41, 5.74) is 0.709. The van der Waals surface area contributed by atoms with E-state index < -0.39 is 6.09 Å². The minimum absolute atomic E-state index is 0.0620. The van der Waals surface area contributed by atoms with Crippen molar-refractivity contribution in [2.24, 2.45) is 0 Å². The lowest BCUT2D eigenvalue weighted by molar-refractivity contribution is -0.117. The Kier molecular flexibility index (Phi) is 6.01. The molecule has 118 valence electrons. The first-order valence-corrected chi connectivity index (χ1v) is 7.63. The van der Waals surface area contributed by atoms with Gasteiger partial charge in [0, 0.05) is 18.2 Å². The summed E-state index contributed by atoms with van der Waals surface area (Å²) in [4.78, 5) is 23.4. The van der Waals surface area contributed by atoms with Crippen LogP contribution in [-0.2, 0) is 9.53 Å². The van der Waals surface area contributed by atoms with Gasteiger partial charge in [0.25, 0.3) is 0 Å². The Morgan fingerprint density at radius 3 is 2.73 bits per heavy atom. The van der Waals surface area contributed by atoms with Crippen LogP contribution in [0, 0.1) is 0 Å². The maximum Gasteiger partial charge on any atom is 0.411 e. The summed E-state index contributed by atoms with van der Waals surface area (Å²) in [6.07, 6.45) is 5.95. The van der Waals surface area contributed by atoms with E-state index in [1.54, 1.807) is 13.0 Å². The average Bonchev–Trinajstić information content (AvgIpc) is 2.48. The summed E-state index contributed by atoms with van der Waals surface area (Å²) in [5.74, 6) is -0.0955. The summed E-state index contributed by atoms with van der Waals surface area (Å²) in [6, 6.07) is 9.26. The van der Waals surface area contributed by atoms with Gasteiger partial charge in [0.2, 0.25) is 5.91 Å². The van der Waals surface area contributed by atoms with Crippen molar-refractivity contribution in [3.63, 3.8) is 0 Å². The van der Waals surface area contributed by atoms with E-state index in [4.69, 9.17) is 4.74 Å². The fraction of sp³-hybridized carbons (Fsp3) is 0.412. The molecule has 0 radical (unpaired) electrons. The molecule has 5 nitrogen and oxygen atoms in total. The van der Waals surface area contributed by atoms with Gasteiger partial charge in [-0.1, -0.05) is 24.3 Å². The van der Waals surface area contributed by atoms with Crippen LogP contribution in [0.5, 0.6) is 0 Å². The molecular weight excluding hydrogens is 280 g/mol. The van der Waals surface area contributed by atoms with Gasteiger partial charge in [0.15, 0.2) is 0 Å². The van der Waals surface area contributed by atoms with Gasteiger partial charge in [-0.05, 0) is 44.4 Å². The maximum absolute atomic E-state index is 11.9. The zero-order valence-corrected chi connectivity index (χ0v) is 12.7. The van der Waals surface area contributed by atoms with E-state index in [9.17, 15) is 9.59 Å². The van der Waals surface area contributed by atoms with Crippen molar-refractivity contribution in [3.8, 4) is 0 Å². The van der Waals surface area contributed by atoms with Crippen LogP contribution in [0.15, 0.2) is 42.5 Å². The van der Waals surface area contributed by atoms with E-state index in [0.29, 0.717) is 12.1 Å². The van der Waals surface area contributed by atoms with Gasteiger partial charge in [-0.15, -0.1) is 0 Å². The molecule has 2 rings (SSSR count). The van der Waals surface area contributed by atoms with Crippen molar-refractivity contribution >= 4 is 17.7 Å². The number of carbonyl (C=O) groups excluding carboxylic acids is 2. The Labute approximate surface area is 130 Å². The van der Waals surface area contributed by atoms with Crippen molar-refractivity contribution in [1.82, 2.24) is 5.32 Å². The first kappa shape index (κ1) is 16.1. The molecule has 0 heterocycles. The molecule has 5 heteroatoms. The third-order valence-corrected chi connectivity index (χ3v) is 3.58. The molecule has 1 saturated carbocycles. The molecule has 1 aliphatic rings. The van der Waals surface area contributed by atoms with Gasteiger partial charge in [-0.3, -0.25) is 10.1 Å². The van der Waals surface area contributed by atoms with E-state index in [0.717, 1.165) is 19.3 Å². The number of rotatable bonds is 4. The predicted molar refractivity (Wildman–Crippen MR) is 85.5 cm³/mol.